The van der Waals surface area contributed by atoms with Gasteiger partial charge in [0.25, 0.3) is 0 Å². The Morgan fingerprint density at radius 2 is 2.05 bits per heavy atom. The summed E-state index contributed by atoms with van der Waals surface area (Å²) in [5.41, 5.74) is 1.56. The maximum atomic E-state index is 12.0. The molecule has 1 aromatic rings. The Balaban J connectivity index is 1.80. The van der Waals surface area contributed by atoms with Crippen molar-refractivity contribution in [1.82, 2.24) is 0 Å². The molecule has 0 spiro atoms. The Hall–Kier alpha value is -1.79. The first-order valence-electron chi connectivity index (χ1n) is 7.21. The number of amides is 1. The number of anilines is 2. The van der Waals surface area contributed by atoms with Gasteiger partial charge in [0.2, 0.25) is 5.91 Å². The molecule has 2 saturated heterocycles. The summed E-state index contributed by atoms with van der Waals surface area (Å²) >= 11 is 6.35. The molecular formula is C15H17ClN2O4. The van der Waals surface area contributed by atoms with Crippen LogP contribution in [-0.4, -0.2) is 49.8 Å². The third-order valence-corrected chi connectivity index (χ3v) is 4.37. The summed E-state index contributed by atoms with van der Waals surface area (Å²) in [7, 11) is 0. The van der Waals surface area contributed by atoms with E-state index in [1.165, 1.54) is 4.90 Å². The minimum atomic E-state index is -0.938. The minimum absolute atomic E-state index is 0.0398. The predicted molar refractivity (Wildman–Crippen MR) is 82.6 cm³/mol. The lowest BCUT2D eigenvalue weighted by molar-refractivity contribution is -0.141. The van der Waals surface area contributed by atoms with Crippen LogP contribution >= 0.6 is 11.6 Å². The smallest absolute Gasteiger partial charge is 0.308 e. The molecule has 7 heteroatoms. The average Bonchev–Trinajstić information content (AvgIpc) is 2.90. The minimum Gasteiger partial charge on any atom is -0.481 e. The van der Waals surface area contributed by atoms with Gasteiger partial charge in [-0.25, -0.2) is 0 Å². The molecule has 3 rings (SSSR count). The Labute approximate surface area is 133 Å². The fourth-order valence-corrected chi connectivity index (χ4v) is 3.14. The molecule has 2 aliphatic heterocycles. The Bertz CT molecular complexity index is 601. The molecule has 2 fully saturated rings. The lowest BCUT2D eigenvalue weighted by atomic mass is 10.1. The van der Waals surface area contributed by atoms with Gasteiger partial charge >= 0.3 is 5.97 Å². The highest BCUT2D eigenvalue weighted by molar-refractivity contribution is 6.33. The zero-order valence-corrected chi connectivity index (χ0v) is 12.8. The lowest BCUT2D eigenvalue weighted by Gasteiger charge is -2.30. The van der Waals surface area contributed by atoms with Crippen molar-refractivity contribution in [3.05, 3.63) is 23.2 Å². The zero-order chi connectivity index (χ0) is 15.7. The molecule has 1 atom stereocenters. The van der Waals surface area contributed by atoms with Crippen LogP contribution in [0.2, 0.25) is 5.02 Å². The van der Waals surface area contributed by atoms with Crippen molar-refractivity contribution in [2.75, 3.05) is 42.6 Å². The maximum absolute atomic E-state index is 12.0. The van der Waals surface area contributed by atoms with Crippen molar-refractivity contribution in [2.45, 2.75) is 6.42 Å². The second-order valence-corrected chi connectivity index (χ2v) is 5.89. The Morgan fingerprint density at radius 1 is 1.32 bits per heavy atom. The monoisotopic (exact) mass is 324 g/mol. The first-order chi connectivity index (χ1) is 10.6. The summed E-state index contributed by atoms with van der Waals surface area (Å²) in [6.07, 6.45) is 0.0398. The first kappa shape index (κ1) is 15.1. The van der Waals surface area contributed by atoms with E-state index in [0.29, 0.717) is 23.9 Å². The van der Waals surface area contributed by atoms with Gasteiger partial charge in [-0.05, 0) is 18.2 Å². The molecule has 6 nitrogen and oxygen atoms in total. The standard InChI is InChI=1S/C15H17ClN2O4/c16-12-8-11(18-9-10(15(20)21)7-14(18)19)1-2-13(12)17-3-5-22-6-4-17/h1-2,8,10H,3-7,9H2,(H,20,21)/t10-/m0/s1. The van der Waals surface area contributed by atoms with Crippen LogP contribution in [0.3, 0.4) is 0 Å². The Kier molecular flexibility index (Phi) is 4.22. The van der Waals surface area contributed by atoms with Gasteiger partial charge in [0.1, 0.15) is 0 Å². The second-order valence-electron chi connectivity index (χ2n) is 5.48. The lowest BCUT2D eigenvalue weighted by Crippen LogP contribution is -2.36. The van der Waals surface area contributed by atoms with Crippen LogP contribution in [-0.2, 0) is 14.3 Å². The van der Waals surface area contributed by atoms with Crippen LogP contribution < -0.4 is 9.80 Å². The Morgan fingerprint density at radius 3 is 2.64 bits per heavy atom. The highest BCUT2D eigenvalue weighted by Crippen LogP contribution is 2.33. The molecule has 1 amide bonds. The van der Waals surface area contributed by atoms with Crippen molar-refractivity contribution in [3.8, 4) is 0 Å². The molecule has 118 valence electrons. The largest absolute Gasteiger partial charge is 0.481 e. The molecule has 0 aromatic heterocycles. The summed E-state index contributed by atoms with van der Waals surface area (Å²) in [5, 5.41) is 9.60. The molecule has 1 aromatic carbocycles. The van der Waals surface area contributed by atoms with Gasteiger partial charge in [-0.2, -0.15) is 0 Å². The number of rotatable bonds is 3. The van der Waals surface area contributed by atoms with E-state index in [4.69, 9.17) is 21.4 Å². The number of aliphatic carboxylic acids is 1. The number of benzene rings is 1. The van der Waals surface area contributed by atoms with E-state index in [1.807, 2.05) is 12.1 Å². The number of nitrogens with zero attached hydrogens (tertiary/aromatic N) is 2. The summed E-state index contributed by atoms with van der Waals surface area (Å²) < 4.78 is 5.32. The zero-order valence-electron chi connectivity index (χ0n) is 12.0. The number of halogens is 1. The molecule has 22 heavy (non-hydrogen) atoms. The van der Waals surface area contributed by atoms with E-state index in [9.17, 15) is 9.59 Å². The second kappa shape index (κ2) is 6.14. The molecule has 0 unspecified atom stereocenters. The van der Waals surface area contributed by atoms with Crippen molar-refractivity contribution in [2.24, 2.45) is 5.92 Å². The van der Waals surface area contributed by atoms with Crippen LogP contribution in [0.15, 0.2) is 18.2 Å². The van der Waals surface area contributed by atoms with E-state index in [1.54, 1.807) is 6.07 Å². The van der Waals surface area contributed by atoms with E-state index in [2.05, 4.69) is 4.90 Å². The fourth-order valence-electron chi connectivity index (χ4n) is 2.85. The molecule has 0 aliphatic carbocycles. The van der Waals surface area contributed by atoms with E-state index in [-0.39, 0.29) is 18.9 Å². The van der Waals surface area contributed by atoms with Crippen LogP contribution in [0, 0.1) is 5.92 Å². The van der Waals surface area contributed by atoms with E-state index >= 15 is 0 Å². The van der Waals surface area contributed by atoms with Gasteiger partial charge < -0.3 is 19.6 Å². The number of carboxylic acid groups (broad SMARTS) is 1. The average molecular weight is 325 g/mol. The van der Waals surface area contributed by atoms with E-state index < -0.39 is 11.9 Å². The van der Waals surface area contributed by atoms with Gasteiger partial charge in [0, 0.05) is 31.7 Å². The summed E-state index contributed by atoms with van der Waals surface area (Å²) in [5.74, 6) is -1.76. The van der Waals surface area contributed by atoms with Crippen molar-refractivity contribution >= 4 is 34.9 Å². The number of carbonyl (C=O) groups is 2. The molecule has 0 radical (unpaired) electrons. The number of morpholine rings is 1. The van der Waals surface area contributed by atoms with Crippen LogP contribution in [0.1, 0.15) is 6.42 Å². The summed E-state index contributed by atoms with van der Waals surface area (Å²) in [6, 6.07) is 5.43. The number of carboxylic acids is 1. The van der Waals surface area contributed by atoms with Gasteiger partial charge in [-0.15, -0.1) is 0 Å². The van der Waals surface area contributed by atoms with Crippen molar-refractivity contribution < 1.29 is 19.4 Å². The highest BCUT2D eigenvalue weighted by atomic mass is 35.5. The maximum Gasteiger partial charge on any atom is 0.308 e. The van der Waals surface area contributed by atoms with Crippen molar-refractivity contribution in [3.63, 3.8) is 0 Å². The number of ether oxygens (including phenoxy) is 1. The van der Waals surface area contributed by atoms with Crippen molar-refractivity contribution in [1.29, 1.82) is 0 Å². The SMILES string of the molecule is O=C(O)[C@H]1CC(=O)N(c2ccc(N3CCOCC3)c(Cl)c2)C1. The normalized spacial score (nSPS) is 22.2. The van der Waals surface area contributed by atoms with Gasteiger partial charge in [0.05, 0.1) is 29.8 Å². The topological polar surface area (TPSA) is 70.1 Å². The fraction of sp³-hybridized carbons (Fsp3) is 0.467. The number of hydrogen-bond donors (Lipinski definition) is 1. The number of carbonyl (C=O) groups excluding carboxylic acids is 1. The molecule has 2 aliphatic rings. The van der Waals surface area contributed by atoms with Crippen LogP contribution in [0.5, 0.6) is 0 Å². The highest BCUT2D eigenvalue weighted by Gasteiger charge is 2.35. The predicted octanol–water partition coefficient (Wildman–Crippen LogP) is 1.61. The third-order valence-electron chi connectivity index (χ3n) is 4.07. The molecule has 1 N–H and O–H groups in total. The van der Waals surface area contributed by atoms with E-state index in [0.717, 1.165) is 18.8 Å². The third kappa shape index (κ3) is 2.89. The van der Waals surface area contributed by atoms with Gasteiger partial charge in [-0.1, -0.05) is 11.6 Å². The summed E-state index contributed by atoms with van der Waals surface area (Å²) in [4.78, 5) is 26.6. The van der Waals surface area contributed by atoms with Crippen LogP contribution in [0.25, 0.3) is 0 Å². The first-order valence-corrected chi connectivity index (χ1v) is 7.59. The molecule has 0 saturated carbocycles. The summed E-state index contributed by atoms with van der Waals surface area (Å²) in [6.45, 7) is 3.10. The van der Waals surface area contributed by atoms with Gasteiger partial charge in [-0.3, -0.25) is 9.59 Å². The molecular weight excluding hydrogens is 308 g/mol. The molecule has 0 bridgehead atoms. The van der Waals surface area contributed by atoms with Crippen LogP contribution in [0.4, 0.5) is 11.4 Å². The quantitative estimate of drug-likeness (QED) is 0.915. The van der Waals surface area contributed by atoms with Gasteiger partial charge in [0.15, 0.2) is 0 Å². The molecule has 2 heterocycles. The number of hydrogen-bond acceptors (Lipinski definition) is 4.